The molecular formula is C33H29N3O10S. The van der Waals surface area contributed by atoms with Gasteiger partial charge in [0.2, 0.25) is 11.8 Å². The highest BCUT2D eigenvalue weighted by Crippen LogP contribution is 2.41. The molecule has 242 valence electrons. The van der Waals surface area contributed by atoms with Gasteiger partial charge in [-0.1, -0.05) is 60.7 Å². The number of rotatable bonds is 12. The first-order chi connectivity index (χ1) is 22.6. The molecule has 47 heavy (non-hydrogen) atoms. The van der Waals surface area contributed by atoms with Crippen LogP contribution in [0.15, 0.2) is 95.9 Å². The number of β-lactam (4-membered cyclic amide) rings is 1. The van der Waals surface area contributed by atoms with Crippen LogP contribution in [-0.2, 0) is 51.4 Å². The third-order valence-corrected chi connectivity index (χ3v) is 8.63. The number of carbonyl (C=O) groups is 5. The van der Waals surface area contributed by atoms with Crippen molar-refractivity contribution in [2.24, 2.45) is 0 Å². The SMILES string of the molecule is CC(=O)OCC1=CS[C@@H]2C(NC(=O)C(C(=O)OCc3ccccc3)c3ccccc3)C(=O)N2C1C(=O)OCc1ccc([N+](=O)[O-])cc1. The quantitative estimate of drug-likeness (QED) is 0.0755. The maximum atomic E-state index is 13.6. The minimum atomic E-state index is -1.37. The second kappa shape index (κ2) is 14.7. The number of esters is 3. The van der Waals surface area contributed by atoms with E-state index >= 15 is 0 Å². The van der Waals surface area contributed by atoms with E-state index in [0.717, 1.165) is 17.3 Å². The zero-order valence-electron chi connectivity index (χ0n) is 25.0. The molecule has 4 atom stereocenters. The Balaban J connectivity index is 1.30. The molecule has 0 aromatic heterocycles. The Morgan fingerprint density at radius 2 is 1.49 bits per heavy atom. The maximum Gasteiger partial charge on any atom is 0.333 e. The average Bonchev–Trinajstić information content (AvgIpc) is 3.08. The molecule has 1 saturated heterocycles. The number of carbonyl (C=O) groups excluding carboxylic acids is 5. The van der Waals surface area contributed by atoms with Crippen LogP contribution >= 0.6 is 11.8 Å². The first-order valence-electron chi connectivity index (χ1n) is 14.4. The highest BCUT2D eigenvalue weighted by atomic mass is 32.2. The van der Waals surface area contributed by atoms with Gasteiger partial charge in [-0.3, -0.25) is 29.3 Å². The lowest BCUT2D eigenvalue weighted by atomic mass is 9.95. The van der Waals surface area contributed by atoms with E-state index < -0.39 is 58.0 Å². The lowest BCUT2D eigenvalue weighted by Crippen LogP contribution is -2.74. The van der Waals surface area contributed by atoms with Gasteiger partial charge in [0.05, 0.1) is 4.92 Å². The molecular weight excluding hydrogens is 630 g/mol. The van der Waals surface area contributed by atoms with Crippen molar-refractivity contribution >= 4 is 47.2 Å². The number of thioether (sulfide) groups is 1. The Kier molecular flexibility index (Phi) is 10.3. The summed E-state index contributed by atoms with van der Waals surface area (Å²) in [6, 6.07) is 20.4. The number of non-ortho nitro benzene ring substituents is 1. The minimum absolute atomic E-state index is 0.0511. The predicted molar refractivity (Wildman–Crippen MR) is 167 cm³/mol. The molecule has 2 aliphatic heterocycles. The van der Waals surface area contributed by atoms with Crippen LogP contribution in [0.2, 0.25) is 0 Å². The van der Waals surface area contributed by atoms with Gasteiger partial charge in [0.1, 0.15) is 31.2 Å². The summed E-state index contributed by atoms with van der Waals surface area (Å²) in [4.78, 5) is 76.9. The molecule has 2 aliphatic rings. The molecule has 13 nitrogen and oxygen atoms in total. The van der Waals surface area contributed by atoms with Crippen molar-refractivity contribution in [1.29, 1.82) is 0 Å². The molecule has 0 spiro atoms. The first-order valence-corrected chi connectivity index (χ1v) is 15.3. The first kappa shape index (κ1) is 32.9. The van der Waals surface area contributed by atoms with E-state index in [4.69, 9.17) is 14.2 Å². The van der Waals surface area contributed by atoms with Gasteiger partial charge in [0.15, 0.2) is 12.0 Å². The Morgan fingerprint density at radius 1 is 0.872 bits per heavy atom. The lowest BCUT2D eigenvalue weighted by Gasteiger charge is -2.51. The Labute approximate surface area is 273 Å². The summed E-state index contributed by atoms with van der Waals surface area (Å²) in [5, 5.41) is 14.5. The van der Waals surface area contributed by atoms with Crippen molar-refractivity contribution < 1.29 is 43.1 Å². The van der Waals surface area contributed by atoms with Gasteiger partial charge in [-0.15, -0.1) is 11.8 Å². The van der Waals surface area contributed by atoms with Crippen molar-refractivity contribution in [2.45, 2.75) is 43.5 Å². The average molecular weight is 660 g/mol. The topological polar surface area (TPSA) is 171 Å². The van der Waals surface area contributed by atoms with E-state index in [1.165, 1.54) is 36.1 Å². The molecule has 14 heteroatoms. The summed E-state index contributed by atoms with van der Waals surface area (Å²) >= 11 is 1.14. The van der Waals surface area contributed by atoms with E-state index in [-0.39, 0.29) is 25.5 Å². The van der Waals surface area contributed by atoms with Crippen molar-refractivity contribution in [1.82, 2.24) is 10.2 Å². The normalized spacial score (nSPS) is 18.8. The number of nitrogens with one attached hydrogen (secondary N) is 1. The Hall–Kier alpha value is -5.50. The van der Waals surface area contributed by atoms with Crippen LogP contribution in [0.4, 0.5) is 5.69 Å². The fourth-order valence-electron chi connectivity index (χ4n) is 5.04. The van der Waals surface area contributed by atoms with Crippen LogP contribution in [0.25, 0.3) is 0 Å². The number of nitro benzene ring substituents is 1. The smallest absolute Gasteiger partial charge is 0.333 e. The zero-order valence-corrected chi connectivity index (χ0v) is 25.8. The Bertz CT molecular complexity index is 1700. The molecule has 0 saturated carbocycles. The lowest BCUT2D eigenvalue weighted by molar-refractivity contribution is -0.384. The molecule has 2 heterocycles. The van der Waals surface area contributed by atoms with E-state index in [1.807, 2.05) is 6.07 Å². The predicted octanol–water partition coefficient (Wildman–Crippen LogP) is 3.38. The van der Waals surface area contributed by atoms with Gasteiger partial charge in [0, 0.05) is 24.6 Å². The highest BCUT2D eigenvalue weighted by molar-refractivity contribution is 8.03. The van der Waals surface area contributed by atoms with Gasteiger partial charge in [-0.2, -0.15) is 0 Å². The molecule has 2 amide bonds. The number of nitro groups is 1. The molecule has 5 rings (SSSR count). The molecule has 3 aromatic carbocycles. The number of hydrogen-bond donors (Lipinski definition) is 1. The van der Waals surface area contributed by atoms with Gasteiger partial charge < -0.3 is 24.4 Å². The van der Waals surface area contributed by atoms with Crippen molar-refractivity contribution in [3.05, 3.63) is 123 Å². The molecule has 0 radical (unpaired) electrons. The van der Waals surface area contributed by atoms with Gasteiger partial charge in [-0.05, 0) is 34.2 Å². The number of fused-ring (bicyclic) bond motifs is 1. The molecule has 1 fully saturated rings. The van der Waals surface area contributed by atoms with Crippen molar-refractivity contribution in [3.8, 4) is 0 Å². The van der Waals surface area contributed by atoms with Gasteiger partial charge >= 0.3 is 17.9 Å². The summed E-state index contributed by atoms with van der Waals surface area (Å²) in [5.74, 6) is -4.94. The van der Waals surface area contributed by atoms with E-state index in [0.29, 0.717) is 16.7 Å². The maximum absolute atomic E-state index is 13.6. The second-order valence-corrected chi connectivity index (χ2v) is 11.6. The van der Waals surface area contributed by atoms with Crippen LogP contribution < -0.4 is 5.32 Å². The summed E-state index contributed by atoms with van der Waals surface area (Å²) < 4.78 is 16.1. The van der Waals surface area contributed by atoms with Gasteiger partial charge in [0.25, 0.3) is 5.69 Å². The van der Waals surface area contributed by atoms with E-state index in [9.17, 15) is 34.1 Å². The van der Waals surface area contributed by atoms with E-state index in [2.05, 4.69) is 5.32 Å². The van der Waals surface area contributed by atoms with Crippen molar-refractivity contribution in [3.63, 3.8) is 0 Å². The second-order valence-electron chi connectivity index (χ2n) is 10.6. The molecule has 0 aliphatic carbocycles. The third kappa shape index (κ3) is 7.66. The Morgan fingerprint density at radius 3 is 2.13 bits per heavy atom. The largest absolute Gasteiger partial charge is 0.461 e. The van der Waals surface area contributed by atoms with Crippen LogP contribution in [0.1, 0.15) is 29.5 Å². The molecule has 1 N–H and O–H groups in total. The van der Waals surface area contributed by atoms with E-state index in [1.54, 1.807) is 60.0 Å². The number of amides is 2. The van der Waals surface area contributed by atoms with Crippen molar-refractivity contribution in [2.75, 3.05) is 6.61 Å². The van der Waals surface area contributed by atoms with Crippen LogP contribution in [0.3, 0.4) is 0 Å². The van der Waals surface area contributed by atoms with Gasteiger partial charge in [-0.25, -0.2) is 4.79 Å². The number of ether oxygens (including phenoxy) is 3. The third-order valence-electron chi connectivity index (χ3n) is 7.41. The van der Waals surface area contributed by atoms with Crippen LogP contribution in [0.5, 0.6) is 0 Å². The molecule has 3 aromatic rings. The summed E-state index contributed by atoms with van der Waals surface area (Å²) in [6.45, 7) is 0.634. The summed E-state index contributed by atoms with van der Waals surface area (Å²) in [7, 11) is 0. The van der Waals surface area contributed by atoms with Crippen LogP contribution in [-0.4, -0.2) is 63.6 Å². The highest BCUT2D eigenvalue weighted by Gasteiger charge is 2.57. The number of benzene rings is 3. The fraction of sp³-hybridized carbons (Fsp3) is 0.242. The molecule has 0 bridgehead atoms. The fourth-order valence-corrected chi connectivity index (χ4v) is 6.25. The number of nitrogens with zero attached hydrogens (tertiary/aromatic N) is 2. The van der Waals surface area contributed by atoms with Crippen LogP contribution in [0, 0.1) is 10.1 Å². The monoisotopic (exact) mass is 659 g/mol. The summed E-state index contributed by atoms with van der Waals surface area (Å²) in [6.07, 6.45) is 0. The molecule has 3 unspecified atom stereocenters. The zero-order chi connectivity index (χ0) is 33.5. The standard InChI is InChI=1S/C33H29N3O10S/c1-20(37)44-18-24-19-47-31-27(30(39)35(31)28(24)33(41)46-17-22-12-14-25(15-13-22)36(42)43)34-29(38)26(23-10-6-3-7-11-23)32(40)45-16-21-8-4-2-5-9-21/h2-15,19,26-28,31H,16-18H2,1H3,(H,34,38)/t26?,27?,28?,31-/m1/s1. The number of hydrogen-bond acceptors (Lipinski definition) is 11. The summed E-state index contributed by atoms with van der Waals surface area (Å²) in [5.41, 5.74) is 1.75. The minimum Gasteiger partial charge on any atom is -0.461 e.